The van der Waals surface area contributed by atoms with E-state index in [-0.39, 0.29) is 0 Å². The summed E-state index contributed by atoms with van der Waals surface area (Å²) in [6.45, 7) is 7.19. The minimum atomic E-state index is -0.615. The Hall–Kier alpha value is -0.410. The summed E-state index contributed by atoms with van der Waals surface area (Å²) >= 11 is 0. The van der Waals surface area contributed by atoms with E-state index < -0.39 is 11.2 Å². The van der Waals surface area contributed by atoms with Crippen LogP contribution in [-0.2, 0) is 4.79 Å². The second-order valence-electron chi connectivity index (χ2n) is 6.58. The van der Waals surface area contributed by atoms with E-state index in [1.165, 1.54) is 0 Å². The Bertz CT molecular complexity index is 209. The summed E-state index contributed by atoms with van der Waals surface area (Å²) in [6, 6.07) is 0. The van der Waals surface area contributed by atoms with Crippen LogP contribution >= 0.6 is 0 Å². The molecule has 0 aliphatic rings. The number of hydrogen-bond donors (Lipinski definition) is 2. The van der Waals surface area contributed by atoms with Crippen LogP contribution in [0.3, 0.4) is 0 Å². The molecule has 2 N–H and O–H groups in total. The predicted molar refractivity (Wildman–Crippen MR) is 74.5 cm³/mol. The lowest BCUT2D eigenvalue weighted by Gasteiger charge is -2.16. The van der Waals surface area contributed by atoms with Crippen LogP contribution in [0, 0.1) is 0 Å². The first-order valence-corrected chi connectivity index (χ1v) is 7.07. The lowest BCUT2D eigenvalue weighted by atomic mass is 9.97. The Morgan fingerprint density at radius 3 is 1.39 bits per heavy atom. The molecule has 0 radical (unpaired) electrons. The number of Topliss-reactive ketones (excluding diaryl/α,β-unsaturated/α-hetero) is 1. The molecule has 0 aliphatic heterocycles. The van der Waals surface area contributed by atoms with Crippen molar-refractivity contribution in [3.63, 3.8) is 0 Å². The number of aliphatic hydroxyl groups is 2. The SMILES string of the molecule is CC(C)(O)CCCCC(=O)CCCCC(C)(C)O. The van der Waals surface area contributed by atoms with Crippen molar-refractivity contribution >= 4 is 5.78 Å². The zero-order valence-corrected chi connectivity index (χ0v) is 12.5. The van der Waals surface area contributed by atoms with Gasteiger partial charge in [0, 0.05) is 12.8 Å². The van der Waals surface area contributed by atoms with Gasteiger partial charge in [-0.25, -0.2) is 0 Å². The van der Waals surface area contributed by atoms with Crippen molar-refractivity contribution in [1.29, 1.82) is 0 Å². The van der Waals surface area contributed by atoms with Gasteiger partial charge in [-0.15, -0.1) is 0 Å². The van der Waals surface area contributed by atoms with Crippen LogP contribution in [0.5, 0.6) is 0 Å². The standard InChI is InChI=1S/C15H30O3/c1-14(2,17)11-7-5-9-13(16)10-6-8-12-15(3,4)18/h17-18H,5-12H2,1-4H3. The third-order valence-corrected chi connectivity index (χ3v) is 2.99. The van der Waals surface area contributed by atoms with Crippen LogP contribution in [0.2, 0.25) is 0 Å². The molecule has 0 atom stereocenters. The van der Waals surface area contributed by atoms with Crippen molar-refractivity contribution in [3.05, 3.63) is 0 Å². The van der Waals surface area contributed by atoms with Crippen molar-refractivity contribution in [2.24, 2.45) is 0 Å². The fourth-order valence-corrected chi connectivity index (χ4v) is 1.88. The Balaban J connectivity index is 3.44. The molecule has 0 aromatic carbocycles. The van der Waals surface area contributed by atoms with Crippen molar-refractivity contribution in [2.45, 2.75) is 90.3 Å². The highest BCUT2D eigenvalue weighted by Gasteiger charge is 2.13. The van der Waals surface area contributed by atoms with E-state index in [9.17, 15) is 15.0 Å². The van der Waals surface area contributed by atoms with Crippen LogP contribution in [0.15, 0.2) is 0 Å². The lowest BCUT2D eigenvalue weighted by molar-refractivity contribution is -0.119. The third kappa shape index (κ3) is 13.7. The van der Waals surface area contributed by atoms with E-state index in [1.54, 1.807) is 27.7 Å². The average Bonchev–Trinajstić information content (AvgIpc) is 2.17. The van der Waals surface area contributed by atoms with Crippen molar-refractivity contribution in [2.75, 3.05) is 0 Å². The van der Waals surface area contributed by atoms with Gasteiger partial charge < -0.3 is 10.2 Å². The smallest absolute Gasteiger partial charge is 0.132 e. The van der Waals surface area contributed by atoms with Gasteiger partial charge in [0.1, 0.15) is 5.78 Å². The van der Waals surface area contributed by atoms with Crippen molar-refractivity contribution < 1.29 is 15.0 Å². The molecule has 0 amide bonds. The zero-order valence-electron chi connectivity index (χ0n) is 12.5. The van der Waals surface area contributed by atoms with E-state index in [2.05, 4.69) is 0 Å². The summed E-state index contributed by atoms with van der Waals surface area (Å²) < 4.78 is 0. The number of ketones is 1. The molecule has 0 aliphatic carbocycles. The summed E-state index contributed by atoms with van der Waals surface area (Å²) in [7, 11) is 0. The number of hydrogen-bond acceptors (Lipinski definition) is 3. The maximum Gasteiger partial charge on any atom is 0.132 e. The van der Waals surface area contributed by atoms with E-state index in [1.807, 2.05) is 0 Å². The monoisotopic (exact) mass is 258 g/mol. The van der Waals surface area contributed by atoms with Gasteiger partial charge in [0.05, 0.1) is 11.2 Å². The second-order valence-corrected chi connectivity index (χ2v) is 6.58. The van der Waals surface area contributed by atoms with E-state index in [4.69, 9.17) is 0 Å². The first kappa shape index (κ1) is 17.6. The highest BCUT2D eigenvalue weighted by molar-refractivity contribution is 5.78. The second kappa shape index (κ2) is 7.90. The topological polar surface area (TPSA) is 57.5 Å². The van der Waals surface area contributed by atoms with Crippen LogP contribution in [-0.4, -0.2) is 27.2 Å². The first-order valence-electron chi connectivity index (χ1n) is 7.07. The van der Waals surface area contributed by atoms with Gasteiger partial charge in [0.15, 0.2) is 0 Å². The van der Waals surface area contributed by atoms with E-state index in [0.29, 0.717) is 18.6 Å². The highest BCUT2D eigenvalue weighted by Crippen LogP contribution is 2.16. The molecule has 0 aromatic heterocycles. The Morgan fingerprint density at radius 2 is 1.11 bits per heavy atom. The molecule has 0 bridgehead atoms. The Labute approximate surface area is 112 Å². The molecule has 0 saturated heterocycles. The minimum absolute atomic E-state index is 0.307. The fourth-order valence-electron chi connectivity index (χ4n) is 1.88. The highest BCUT2D eigenvalue weighted by atomic mass is 16.3. The van der Waals surface area contributed by atoms with E-state index >= 15 is 0 Å². The molecule has 0 unspecified atom stereocenters. The summed E-state index contributed by atoms with van der Waals surface area (Å²) in [5, 5.41) is 19.0. The molecule has 0 spiro atoms. The number of carbonyl (C=O) groups excluding carboxylic acids is 1. The fraction of sp³-hybridized carbons (Fsp3) is 0.933. The minimum Gasteiger partial charge on any atom is -0.390 e. The van der Waals surface area contributed by atoms with Crippen LogP contribution < -0.4 is 0 Å². The number of rotatable bonds is 10. The molecule has 108 valence electrons. The van der Waals surface area contributed by atoms with Gasteiger partial charge in [-0.3, -0.25) is 4.79 Å². The van der Waals surface area contributed by atoms with Gasteiger partial charge in [0.2, 0.25) is 0 Å². The molecule has 0 rings (SSSR count). The molecule has 0 fully saturated rings. The third-order valence-electron chi connectivity index (χ3n) is 2.99. The Kier molecular flexibility index (Phi) is 7.72. The van der Waals surface area contributed by atoms with Crippen molar-refractivity contribution in [3.8, 4) is 0 Å². The van der Waals surface area contributed by atoms with E-state index in [0.717, 1.165) is 38.5 Å². The predicted octanol–water partition coefficient (Wildman–Crippen LogP) is 3.22. The maximum absolute atomic E-state index is 11.6. The number of carbonyl (C=O) groups is 1. The molecular formula is C15H30O3. The van der Waals surface area contributed by atoms with Crippen LogP contribution in [0.1, 0.15) is 79.1 Å². The normalized spacial score (nSPS) is 12.8. The number of unbranched alkanes of at least 4 members (excludes halogenated alkanes) is 2. The van der Waals surface area contributed by atoms with Gasteiger partial charge in [-0.2, -0.15) is 0 Å². The molecule has 3 nitrogen and oxygen atoms in total. The largest absolute Gasteiger partial charge is 0.390 e. The van der Waals surface area contributed by atoms with Crippen LogP contribution in [0.4, 0.5) is 0 Å². The molecule has 0 saturated carbocycles. The molecule has 0 aromatic rings. The molecule has 0 heterocycles. The molecule has 3 heteroatoms. The molecule has 18 heavy (non-hydrogen) atoms. The molecular weight excluding hydrogens is 228 g/mol. The van der Waals surface area contributed by atoms with Gasteiger partial charge >= 0.3 is 0 Å². The lowest BCUT2D eigenvalue weighted by Crippen LogP contribution is -2.18. The van der Waals surface area contributed by atoms with Crippen molar-refractivity contribution in [1.82, 2.24) is 0 Å². The van der Waals surface area contributed by atoms with Gasteiger partial charge in [0.25, 0.3) is 0 Å². The average molecular weight is 258 g/mol. The maximum atomic E-state index is 11.6. The summed E-state index contributed by atoms with van der Waals surface area (Å²) in [6.07, 6.45) is 6.29. The van der Waals surface area contributed by atoms with Gasteiger partial charge in [-0.1, -0.05) is 12.8 Å². The Morgan fingerprint density at radius 1 is 0.778 bits per heavy atom. The summed E-state index contributed by atoms with van der Waals surface area (Å²) in [5.74, 6) is 0.307. The van der Waals surface area contributed by atoms with Crippen LogP contribution in [0.25, 0.3) is 0 Å². The first-order chi connectivity index (χ1) is 8.10. The zero-order chi connectivity index (χ0) is 14.2. The quantitative estimate of drug-likeness (QED) is 0.592. The summed E-state index contributed by atoms with van der Waals surface area (Å²) in [5.41, 5.74) is -1.23. The van der Waals surface area contributed by atoms with Gasteiger partial charge in [-0.05, 0) is 53.4 Å². The summed E-state index contributed by atoms with van der Waals surface area (Å²) in [4.78, 5) is 11.6.